The smallest absolute Gasteiger partial charge is 0.0970 e. The Kier molecular flexibility index (Phi) is 7.90. The predicted molar refractivity (Wildman–Crippen MR) is 162 cm³/mol. The van der Waals surface area contributed by atoms with Crippen molar-refractivity contribution < 1.29 is 0 Å². The number of hydrogen-bond donors (Lipinski definition) is 1. The van der Waals surface area contributed by atoms with Crippen LogP contribution in [0.25, 0.3) is 20.4 Å². The van der Waals surface area contributed by atoms with E-state index in [2.05, 4.69) is 57.1 Å². The maximum atomic E-state index is 6.04. The third-order valence-corrected chi connectivity index (χ3v) is 10.7. The zero-order valence-corrected chi connectivity index (χ0v) is 25.4. The highest BCUT2D eigenvalue weighted by Gasteiger charge is 2.34. The van der Waals surface area contributed by atoms with Gasteiger partial charge in [0.1, 0.15) is 0 Å². The Balaban J connectivity index is 0.000000152. The molecule has 4 heterocycles. The van der Waals surface area contributed by atoms with Gasteiger partial charge < -0.3 is 10.2 Å². The van der Waals surface area contributed by atoms with Crippen LogP contribution in [-0.2, 0) is 0 Å². The average Bonchev–Trinajstić information content (AvgIpc) is 3.44. The molecule has 2 aliphatic heterocycles. The van der Waals surface area contributed by atoms with E-state index in [0.29, 0.717) is 11.8 Å². The van der Waals surface area contributed by atoms with Gasteiger partial charge in [-0.3, -0.25) is 0 Å². The molecule has 37 heavy (non-hydrogen) atoms. The van der Waals surface area contributed by atoms with E-state index >= 15 is 0 Å². The summed E-state index contributed by atoms with van der Waals surface area (Å²) in [7, 11) is 2.22. The van der Waals surface area contributed by atoms with Crippen molar-refractivity contribution in [3.63, 3.8) is 0 Å². The van der Waals surface area contributed by atoms with Gasteiger partial charge >= 0.3 is 0 Å². The van der Waals surface area contributed by atoms with Crippen LogP contribution in [0.1, 0.15) is 75.2 Å². The normalized spacial score (nSPS) is 23.6. The van der Waals surface area contributed by atoms with Crippen LogP contribution >= 0.6 is 45.9 Å². The highest BCUT2D eigenvalue weighted by Crippen LogP contribution is 2.40. The molecule has 2 atom stereocenters. The molecule has 2 aliphatic rings. The molecule has 2 fully saturated rings. The number of thiazole rings is 2. The standard InChI is InChI=1S/C15H19ClN2S.C14H17ClN2S/c1-15(2)9-10(6-7-18(15)3)14-17-12-8-11(16)4-5-13(12)19-14;1-14(2)8-9(5-6-16-14)13-17-11-7-10(15)3-4-12(11)18-13/h4-5,8,10H,6-7,9H2,1-3H3;3-4,7,9,16H,5-6,8H2,1-2H3. The second kappa shape index (κ2) is 10.7. The number of nitrogens with one attached hydrogen (secondary N) is 1. The van der Waals surface area contributed by atoms with Gasteiger partial charge in [0.05, 0.1) is 30.4 Å². The van der Waals surface area contributed by atoms with E-state index in [4.69, 9.17) is 33.2 Å². The number of piperidine rings is 2. The van der Waals surface area contributed by atoms with Gasteiger partial charge in [-0.15, -0.1) is 22.7 Å². The molecule has 0 amide bonds. The van der Waals surface area contributed by atoms with Crippen molar-refractivity contribution in [3.8, 4) is 0 Å². The number of nitrogens with zero attached hydrogens (tertiary/aromatic N) is 3. The maximum Gasteiger partial charge on any atom is 0.0970 e. The van der Waals surface area contributed by atoms with Crippen molar-refractivity contribution in [3.05, 3.63) is 56.5 Å². The second-order valence-corrected chi connectivity index (χ2v) is 14.7. The zero-order valence-electron chi connectivity index (χ0n) is 22.3. The zero-order chi connectivity index (χ0) is 26.4. The summed E-state index contributed by atoms with van der Waals surface area (Å²) in [5, 5.41) is 7.64. The van der Waals surface area contributed by atoms with Crippen LogP contribution in [0.3, 0.4) is 0 Å². The van der Waals surface area contributed by atoms with E-state index in [9.17, 15) is 0 Å². The van der Waals surface area contributed by atoms with Crippen LogP contribution in [0.2, 0.25) is 10.0 Å². The SMILES string of the molecule is CC1(C)CC(c2nc3cc(Cl)ccc3s2)CCN1.CN1CCC(c2nc3cc(Cl)ccc3s2)CC1(C)C. The molecule has 4 nitrogen and oxygen atoms in total. The summed E-state index contributed by atoms with van der Waals surface area (Å²) in [6.07, 6.45) is 4.71. The van der Waals surface area contributed by atoms with E-state index in [1.54, 1.807) is 0 Å². The lowest BCUT2D eigenvalue weighted by atomic mass is 9.83. The number of likely N-dealkylation sites (tertiary alicyclic amines) is 1. The fraction of sp³-hybridized carbons (Fsp3) is 0.517. The van der Waals surface area contributed by atoms with E-state index < -0.39 is 0 Å². The Morgan fingerprint density at radius 1 is 0.838 bits per heavy atom. The highest BCUT2D eigenvalue weighted by molar-refractivity contribution is 7.19. The van der Waals surface area contributed by atoms with Crippen molar-refractivity contribution in [2.75, 3.05) is 20.1 Å². The van der Waals surface area contributed by atoms with E-state index in [1.807, 2.05) is 46.9 Å². The quantitative estimate of drug-likeness (QED) is 0.260. The predicted octanol–water partition coefficient (Wildman–Crippen LogP) is 8.73. The number of fused-ring (bicyclic) bond motifs is 2. The lowest BCUT2D eigenvalue weighted by Gasteiger charge is -2.43. The summed E-state index contributed by atoms with van der Waals surface area (Å²) in [5.74, 6) is 1.17. The van der Waals surface area contributed by atoms with E-state index in [0.717, 1.165) is 40.6 Å². The first kappa shape index (κ1) is 27.3. The molecule has 0 aliphatic carbocycles. The van der Waals surface area contributed by atoms with Crippen molar-refractivity contribution >= 4 is 66.3 Å². The van der Waals surface area contributed by atoms with Crippen molar-refractivity contribution in [1.82, 2.24) is 20.2 Å². The Morgan fingerprint density at radius 2 is 1.38 bits per heavy atom. The molecule has 2 aromatic carbocycles. The largest absolute Gasteiger partial charge is 0.312 e. The molecule has 2 unspecified atom stereocenters. The molecule has 0 saturated carbocycles. The number of halogens is 2. The molecular formula is C29H36Cl2N4S2. The van der Waals surface area contributed by atoms with Gasteiger partial charge in [0.15, 0.2) is 0 Å². The first-order valence-corrected chi connectivity index (χ1v) is 15.5. The monoisotopic (exact) mass is 574 g/mol. The Labute approximate surface area is 238 Å². The van der Waals surface area contributed by atoms with Crippen molar-refractivity contribution in [2.45, 2.75) is 76.3 Å². The fourth-order valence-electron chi connectivity index (χ4n) is 5.50. The highest BCUT2D eigenvalue weighted by atomic mass is 35.5. The van der Waals surface area contributed by atoms with Gasteiger partial charge in [-0.05, 0) is 110 Å². The summed E-state index contributed by atoms with van der Waals surface area (Å²) in [6, 6.07) is 12.0. The van der Waals surface area contributed by atoms with Gasteiger partial charge in [-0.25, -0.2) is 9.97 Å². The summed E-state index contributed by atoms with van der Waals surface area (Å²) in [5.41, 5.74) is 2.57. The fourth-order valence-corrected chi connectivity index (χ4v) is 7.99. The minimum atomic E-state index is 0.221. The lowest BCUT2D eigenvalue weighted by Crippen LogP contribution is -2.46. The van der Waals surface area contributed by atoms with Crippen LogP contribution in [0, 0.1) is 0 Å². The molecule has 198 valence electrons. The lowest BCUT2D eigenvalue weighted by molar-refractivity contribution is 0.0942. The van der Waals surface area contributed by atoms with Gasteiger partial charge in [0.2, 0.25) is 0 Å². The molecule has 2 saturated heterocycles. The Hall–Kier alpha value is -1.28. The molecule has 1 N–H and O–H groups in total. The van der Waals surface area contributed by atoms with Crippen LogP contribution in [0.15, 0.2) is 36.4 Å². The minimum absolute atomic E-state index is 0.221. The molecule has 2 aromatic heterocycles. The topological polar surface area (TPSA) is 41.1 Å². The van der Waals surface area contributed by atoms with Gasteiger partial charge in [-0.1, -0.05) is 23.2 Å². The maximum absolute atomic E-state index is 6.04. The van der Waals surface area contributed by atoms with Crippen molar-refractivity contribution in [1.29, 1.82) is 0 Å². The van der Waals surface area contributed by atoms with Crippen LogP contribution in [-0.4, -0.2) is 46.1 Å². The number of rotatable bonds is 2. The summed E-state index contributed by atoms with van der Waals surface area (Å²) in [4.78, 5) is 12.0. The van der Waals surface area contributed by atoms with E-state index in [-0.39, 0.29) is 11.1 Å². The first-order valence-electron chi connectivity index (χ1n) is 13.1. The van der Waals surface area contributed by atoms with Gasteiger partial charge in [0.25, 0.3) is 0 Å². The second-order valence-electron chi connectivity index (χ2n) is 11.8. The molecular weight excluding hydrogens is 539 g/mol. The molecule has 0 bridgehead atoms. The molecule has 0 radical (unpaired) electrons. The third-order valence-electron chi connectivity index (χ3n) is 7.88. The minimum Gasteiger partial charge on any atom is -0.312 e. The van der Waals surface area contributed by atoms with Gasteiger partial charge in [0, 0.05) is 33.0 Å². The molecule has 0 spiro atoms. The number of benzene rings is 2. The molecule has 6 rings (SSSR count). The van der Waals surface area contributed by atoms with Crippen LogP contribution in [0.4, 0.5) is 0 Å². The summed E-state index contributed by atoms with van der Waals surface area (Å²) < 4.78 is 2.49. The summed E-state index contributed by atoms with van der Waals surface area (Å²) >= 11 is 15.7. The van der Waals surface area contributed by atoms with Crippen LogP contribution in [0.5, 0.6) is 0 Å². The average molecular weight is 576 g/mol. The molecule has 4 aromatic rings. The first-order chi connectivity index (χ1) is 17.5. The van der Waals surface area contributed by atoms with Gasteiger partial charge in [-0.2, -0.15) is 0 Å². The third kappa shape index (κ3) is 6.32. The number of hydrogen-bond acceptors (Lipinski definition) is 6. The Morgan fingerprint density at radius 3 is 1.89 bits per heavy atom. The van der Waals surface area contributed by atoms with E-state index in [1.165, 1.54) is 38.7 Å². The Bertz CT molecular complexity index is 1390. The summed E-state index contributed by atoms with van der Waals surface area (Å²) in [6.45, 7) is 11.4. The van der Waals surface area contributed by atoms with Crippen LogP contribution < -0.4 is 5.32 Å². The number of aromatic nitrogens is 2. The molecule has 8 heteroatoms. The van der Waals surface area contributed by atoms with Crippen molar-refractivity contribution in [2.24, 2.45) is 0 Å².